The standard InChI is InChI=1S/C20H24Br2O2/c1-11(2)18(16-7-12(3)5-14(9-21)19(16)23)17-8-13(4)6-15(10-22)20(17)24/h5-8,11,18,23-24H,9-10H2,1-4H3. The first-order chi connectivity index (χ1) is 11.3. The summed E-state index contributed by atoms with van der Waals surface area (Å²) in [7, 11) is 0. The number of aromatic hydroxyl groups is 2. The number of phenols is 2. The summed E-state index contributed by atoms with van der Waals surface area (Å²) < 4.78 is 0. The Labute approximate surface area is 161 Å². The van der Waals surface area contributed by atoms with E-state index in [9.17, 15) is 10.2 Å². The highest BCUT2D eigenvalue weighted by Crippen LogP contribution is 2.44. The Balaban J connectivity index is 2.73. The molecule has 0 amide bonds. The zero-order valence-electron chi connectivity index (χ0n) is 14.5. The first-order valence-electron chi connectivity index (χ1n) is 8.06. The van der Waals surface area contributed by atoms with Crippen LogP contribution in [0.5, 0.6) is 11.5 Å². The van der Waals surface area contributed by atoms with Crippen LogP contribution in [0.25, 0.3) is 0 Å². The summed E-state index contributed by atoms with van der Waals surface area (Å²) in [5.41, 5.74) is 5.72. The Bertz CT molecular complexity index is 679. The molecular formula is C20H24Br2O2. The van der Waals surface area contributed by atoms with Crippen LogP contribution in [-0.2, 0) is 10.7 Å². The van der Waals surface area contributed by atoms with Gasteiger partial charge in [-0.15, -0.1) is 0 Å². The van der Waals surface area contributed by atoms with Crippen LogP contribution in [0.4, 0.5) is 0 Å². The molecule has 2 N–H and O–H groups in total. The van der Waals surface area contributed by atoms with E-state index in [0.29, 0.717) is 22.2 Å². The van der Waals surface area contributed by atoms with Crippen LogP contribution >= 0.6 is 31.9 Å². The average Bonchev–Trinajstić information content (AvgIpc) is 2.52. The molecule has 2 nitrogen and oxygen atoms in total. The van der Waals surface area contributed by atoms with Crippen LogP contribution in [-0.4, -0.2) is 10.2 Å². The van der Waals surface area contributed by atoms with Crippen LogP contribution in [0.2, 0.25) is 0 Å². The topological polar surface area (TPSA) is 40.5 Å². The van der Waals surface area contributed by atoms with E-state index in [1.807, 2.05) is 38.1 Å². The van der Waals surface area contributed by atoms with Crippen molar-refractivity contribution in [2.45, 2.75) is 44.3 Å². The van der Waals surface area contributed by atoms with Gasteiger partial charge in [-0.2, -0.15) is 0 Å². The van der Waals surface area contributed by atoms with Crippen molar-refractivity contribution in [2.24, 2.45) is 5.92 Å². The summed E-state index contributed by atoms with van der Waals surface area (Å²) in [4.78, 5) is 0. The van der Waals surface area contributed by atoms with Gasteiger partial charge in [0.25, 0.3) is 0 Å². The third-order valence-electron chi connectivity index (χ3n) is 4.35. The van der Waals surface area contributed by atoms with Gasteiger partial charge in [-0.25, -0.2) is 0 Å². The lowest BCUT2D eigenvalue weighted by Crippen LogP contribution is -2.11. The quantitative estimate of drug-likeness (QED) is 0.519. The zero-order chi connectivity index (χ0) is 18.0. The van der Waals surface area contributed by atoms with Crippen molar-refractivity contribution >= 4 is 31.9 Å². The second-order valence-electron chi connectivity index (χ2n) is 6.71. The van der Waals surface area contributed by atoms with Gasteiger partial charge in [-0.05, 0) is 19.8 Å². The maximum Gasteiger partial charge on any atom is 0.123 e. The minimum absolute atomic E-state index is 0.0691. The molecule has 0 aliphatic carbocycles. The summed E-state index contributed by atoms with van der Waals surface area (Å²) in [5, 5.41) is 22.7. The van der Waals surface area contributed by atoms with Crippen molar-refractivity contribution in [1.82, 2.24) is 0 Å². The predicted molar refractivity (Wildman–Crippen MR) is 108 cm³/mol. The molecule has 0 fully saturated rings. The van der Waals surface area contributed by atoms with Crippen molar-refractivity contribution in [2.75, 3.05) is 0 Å². The molecule has 4 heteroatoms. The first kappa shape index (κ1) is 19.3. The van der Waals surface area contributed by atoms with Crippen molar-refractivity contribution in [3.05, 3.63) is 57.6 Å². The van der Waals surface area contributed by atoms with Crippen molar-refractivity contribution in [3.8, 4) is 11.5 Å². The van der Waals surface area contributed by atoms with Gasteiger partial charge >= 0.3 is 0 Å². The lowest BCUT2D eigenvalue weighted by Gasteiger charge is -2.26. The smallest absolute Gasteiger partial charge is 0.123 e. The number of benzene rings is 2. The number of hydrogen-bond acceptors (Lipinski definition) is 2. The second-order valence-corrected chi connectivity index (χ2v) is 7.83. The lowest BCUT2D eigenvalue weighted by molar-refractivity contribution is 0.431. The Morgan fingerprint density at radius 2 is 1.17 bits per heavy atom. The Morgan fingerprint density at radius 3 is 1.46 bits per heavy atom. The fraction of sp³-hybridized carbons (Fsp3) is 0.400. The van der Waals surface area contributed by atoms with E-state index < -0.39 is 0 Å². The third kappa shape index (κ3) is 3.80. The van der Waals surface area contributed by atoms with Gasteiger partial charge in [0.15, 0.2) is 0 Å². The van der Waals surface area contributed by atoms with Gasteiger partial charge < -0.3 is 10.2 Å². The number of hydrogen-bond donors (Lipinski definition) is 2. The zero-order valence-corrected chi connectivity index (χ0v) is 17.7. The van der Waals surface area contributed by atoms with Crippen molar-refractivity contribution in [1.29, 1.82) is 0 Å². The molecule has 0 spiro atoms. The third-order valence-corrected chi connectivity index (χ3v) is 5.56. The summed E-state index contributed by atoms with van der Waals surface area (Å²) in [6, 6.07) is 8.04. The van der Waals surface area contributed by atoms with Crippen molar-refractivity contribution in [3.63, 3.8) is 0 Å². The van der Waals surface area contributed by atoms with E-state index in [1.165, 1.54) is 0 Å². The monoisotopic (exact) mass is 454 g/mol. The molecule has 24 heavy (non-hydrogen) atoms. The van der Waals surface area contributed by atoms with Gasteiger partial charge in [-0.3, -0.25) is 0 Å². The molecule has 2 aromatic carbocycles. The van der Waals surface area contributed by atoms with Crippen LogP contribution < -0.4 is 0 Å². The van der Waals surface area contributed by atoms with Crippen molar-refractivity contribution < 1.29 is 10.2 Å². The van der Waals surface area contributed by atoms with Gasteiger partial charge in [0.05, 0.1) is 0 Å². The number of aryl methyl sites for hydroxylation is 2. The molecule has 0 bridgehead atoms. The fourth-order valence-corrected chi connectivity index (χ4v) is 4.19. The van der Waals surface area contributed by atoms with E-state index >= 15 is 0 Å². The molecule has 0 radical (unpaired) electrons. The minimum Gasteiger partial charge on any atom is -0.507 e. The van der Waals surface area contributed by atoms with E-state index in [-0.39, 0.29) is 11.8 Å². The highest BCUT2D eigenvalue weighted by Gasteiger charge is 2.26. The molecule has 0 aliphatic heterocycles. The minimum atomic E-state index is -0.0691. The Hall–Kier alpha value is -1.00. The maximum absolute atomic E-state index is 10.8. The highest BCUT2D eigenvalue weighted by atomic mass is 79.9. The van der Waals surface area contributed by atoms with Gasteiger partial charge in [0, 0.05) is 38.8 Å². The van der Waals surface area contributed by atoms with Crippen LogP contribution in [0.1, 0.15) is 53.1 Å². The average molecular weight is 456 g/mol. The fourth-order valence-electron chi connectivity index (χ4n) is 3.33. The Morgan fingerprint density at radius 1 is 0.792 bits per heavy atom. The van der Waals surface area contributed by atoms with E-state index in [4.69, 9.17) is 0 Å². The normalized spacial score (nSPS) is 11.5. The Kier molecular flexibility index (Phi) is 6.38. The first-order valence-corrected chi connectivity index (χ1v) is 10.3. The molecule has 0 atom stereocenters. The molecule has 0 heterocycles. The van der Waals surface area contributed by atoms with E-state index in [1.54, 1.807) is 0 Å². The lowest BCUT2D eigenvalue weighted by atomic mass is 9.79. The highest BCUT2D eigenvalue weighted by molar-refractivity contribution is 9.08. The van der Waals surface area contributed by atoms with Crippen LogP contribution in [0.3, 0.4) is 0 Å². The molecule has 0 aromatic heterocycles. The number of halogens is 2. The summed E-state index contributed by atoms with van der Waals surface area (Å²) in [5.74, 6) is 0.798. The summed E-state index contributed by atoms with van der Waals surface area (Å²) in [6.07, 6.45) is 0. The molecule has 130 valence electrons. The van der Waals surface area contributed by atoms with E-state index in [0.717, 1.165) is 33.4 Å². The number of rotatable bonds is 5. The molecule has 0 unspecified atom stereocenters. The molecular weight excluding hydrogens is 432 g/mol. The predicted octanol–water partition coefficient (Wildman–Crippen LogP) is 6.29. The molecule has 2 rings (SSSR count). The van der Waals surface area contributed by atoms with Gasteiger partial charge in [-0.1, -0.05) is 81.1 Å². The number of alkyl halides is 2. The summed E-state index contributed by atoms with van der Waals surface area (Å²) >= 11 is 6.90. The largest absolute Gasteiger partial charge is 0.507 e. The molecule has 0 aliphatic rings. The molecule has 0 saturated heterocycles. The van der Waals surface area contributed by atoms with Gasteiger partial charge in [0.1, 0.15) is 11.5 Å². The second kappa shape index (κ2) is 7.92. The summed E-state index contributed by atoms with van der Waals surface area (Å²) in [6.45, 7) is 8.31. The number of phenolic OH excluding ortho intramolecular Hbond substituents is 2. The van der Waals surface area contributed by atoms with Crippen LogP contribution in [0.15, 0.2) is 24.3 Å². The SMILES string of the molecule is Cc1cc(CBr)c(O)c(C(c2cc(C)cc(CBr)c2O)C(C)C)c1. The molecule has 2 aromatic rings. The molecule has 0 saturated carbocycles. The van der Waals surface area contributed by atoms with Crippen LogP contribution in [0, 0.1) is 19.8 Å². The maximum atomic E-state index is 10.8. The van der Waals surface area contributed by atoms with E-state index in [2.05, 4.69) is 45.7 Å². The van der Waals surface area contributed by atoms with Gasteiger partial charge in [0.2, 0.25) is 0 Å².